The SMILES string of the molecule is COc1ccc2cc(/C=C/C(=O)c3cccc(OCC(=O)N(C)C)c3)ccc2c1. The summed E-state index contributed by atoms with van der Waals surface area (Å²) in [6.45, 7) is -0.0671. The number of carbonyl (C=O) groups is 2. The summed E-state index contributed by atoms with van der Waals surface area (Å²) in [4.78, 5) is 25.6. The highest BCUT2D eigenvalue weighted by molar-refractivity contribution is 6.07. The van der Waals surface area contributed by atoms with Gasteiger partial charge in [0.25, 0.3) is 5.91 Å². The molecule has 3 aromatic carbocycles. The number of ketones is 1. The number of allylic oxidation sites excluding steroid dienone is 1. The van der Waals surface area contributed by atoms with Crippen LogP contribution in [0.2, 0.25) is 0 Å². The molecule has 0 spiro atoms. The standard InChI is InChI=1S/C24H23NO4/c1-25(2)24(27)16-29-22-6-4-5-20(15-22)23(26)12-8-17-7-9-19-14-21(28-3)11-10-18(19)13-17/h4-15H,16H2,1-3H3/b12-8+. The topological polar surface area (TPSA) is 55.8 Å². The van der Waals surface area contributed by atoms with Crippen LogP contribution in [0.15, 0.2) is 66.7 Å². The second-order valence-corrected chi connectivity index (χ2v) is 6.77. The van der Waals surface area contributed by atoms with E-state index in [2.05, 4.69) is 0 Å². The number of fused-ring (bicyclic) bond motifs is 1. The maximum Gasteiger partial charge on any atom is 0.259 e. The van der Waals surface area contributed by atoms with Crippen LogP contribution < -0.4 is 9.47 Å². The average molecular weight is 389 g/mol. The smallest absolute Gasteiger partial charge is 0.259 e. The molecule has 0 N–H and O–H groups in total. The highest BCUT2D eigenvalue weighted by atomic mass is 16.5. The van der Waals surface area contributed by atoms with Gasteiger partial charge in [-0.15, -0.1) is 0 Å². The van der Waals surface area contributed by atoms with E-state index in [0.29, 0.717) is 11.3 Å². The molecular formula is C24H23NO4. The summed E-state index contributed by atoms with van der Waals surface area (Å²) in [5.41, 5.74) is 1.43. The van der Waals surface area contributed by atoms with Crippen molar-refractivity contribution in [3.05, 3.63) is 77.9 Å². The van der Waals surface area contributed by atoms with Crippen LogP contribution in [0.3, 0.4) is 0 Å². The second-order valence-electron chi connectivity index (χ2n) is 6.77. The summed E-state index contributed by atoms with van der Waals surface area (Å²) in [5.74, 6) is 1.02. The molecule has 5 nitrogen and oxygen atoms in total. The Bertz CT molecular complexity index is 1070. The molecule has 1 amide bonds. The van der Waals surface area contributed by atoms with Gasteiger partial charge in [0, 0.05) is 19.7 Å². The van der Waals surface area contributed by atoms with Gasteiger partial charge in [0.2, 0.25) is 0 Å². The van der Waals surface area contributed by atoms with Crippen LogP contribution in [0.25, 0.3) is 16.8 Å². The maximum atomic E-state index is 12.5. The van der Waals surface area contributed by atoms with Crippen LogP contribution in [-0.2, 0) is 4.79 Å². The van der Waals surface area contributed by atoms with Crippen LogP contribution in [0, 0.1) is 0 Å². The molecule has 0 bridgehead atoms. The predicted octanol–water partition coefficient (Wildman–Crippen LogP) is 4.21. The van der Waals surface area contributed by atoms with Gasteiger partial charge in [-0.1, -0.05) is 36.4 Å². The van der Waals surface area contributed by atoms with E-state index in [1.165, 1.54) is 11.0 Å². The third-order valence-corrected chi connectivity index (χ3v) is 4.48. The van der Waals surface area contributed by atoms with Gasteiger partial charge >= 0.3 is 0 Å². The van der Waals surface area contributed by atoms with Crippen molar-refractivity contribution >= 4 is 28.5 Å². The molecule has 0 radical (unpaired) electrons. The van der Waals surface area contributed by atoms with Gasteiger partial charge in [0.1, 0.15) is 11.5 Å². The second kappa shape index (κ2) is 9.06. The van der Waals surface area contributed by atoms with Gasteiger partial charge < -0.3 is 14.4 Å². The van der Waals surface area contributed by atoms with E-state index in [4.69, 9.17) is 9.47 Å². The molecule has 0 aliphatic carbocycles. The summed E-state index contributed by atoms with van der Waals surface area (Å²) < 4.78 is 10.7. The number of nitrogens with zero attached hydrogens (tertiary/aromatic N) is 1. The Balaban J connectivity index is 1.71. The minimum atomic E-state index is -0.143. The van der Waals surface area contributed by atoms with Crippen molar-refractivity contribution in [2.45, 2.75) is 0 Å². The Labute approximate surface area is 170 Å². The highest BCUT2D eigenvalue weighted by Gasteiger charge is 2.07. The average Bonchev–Trinajstić information content (AvgIpc) is 2.75. The summed E-state index contributed by atoms with van der Waals surface area (Å²) in [6.07, 6.45) is 3.32. The summed E-state index contributed by atoms with van der Waals surface area (Å²) in [7, 11) is 4.98. The molecule has 3 rings (SSSR count). The monoisotopic (exact) mass is 389 g/mol. The van der Waals surface area contributed by atoms with Gasteiger partial charge in [-0.05, 0) is 52.7 Å². The first kappa shape index (κ1) is 20.1. The zero-order valence-corrected chi connectivity index (χ0v) is 16.7. The van der Waals surface area contributed by atoms with E-state index in [1.54, 1.807) is 51.5 Å². The third-order valence-electron chi connectivity index (χ3n) is 4.48. The molecule has 0 aliphatic rings. The lowest BCUT2D eigenvalue weighted by Gasteiger charge is -2.11. The molecule has 0 aliphatic heterocycles. The van der Waals surface area contributed by atoms with E-state index in [1.807, 2.05) is 36.4 Å². The Kier molecular flexibility index (Phi) is 6.29. The minimum absolute atomic E-state index is 0.0671. The maximum absolute atomic E-state index is 12.5. The fourth-order valence-corrected chi connectivity index (χ4v) is 2.75. The van der Waals surface area contributed by atoms with Crippen LogP contribution in [0.1, 0.15) is 15.9 Å². The van der Waals surface area contributed by atoms with E-state index < -0.39 is 0 Å². The Morgan fingerprint density at radius 1 is 0.931 bits per heavy atom. The molecule has 0 saturated heterocycles. The van der Waals surface area contributed by atoms with Crippen LogP contribution in [0.4, 0.5) is 0 Å². The lowest BCUT2D eigenvalue weighted by atomic mass is 10.0. The minimum Gasteiger partial charge on any atom is -0.497 e. The summed E-state index contributed by atoms with van der Waals surface area (Å²) in [5, 5.41) is 2.14. The molecule has 0 heterocycles. The van der Waals surface area contributed by atoms with E-state index >= 15 is 0 Å². The zero-order chi connectivity index (χ0) is 20.8. The van der Waals surface area contributed by atoms with Gasteiger partial charge in [0.05, 0.1) is 7.11 Å². The van der Waals surface area contributed by atoms with Crippen molar-refractivity contribution in [1.29, 1.82) is 0 Å². The van der Waals surface area contributed by atoms with Gasteiger partial charge in [-0.25, -0.2) is 0 Å². The molecule has 148 valence electrons. The Morgan fingerprint density at radius 3 is 2.45 bits per heavy atom. The number of hydrogen-bond donors (Lipinski definition) is 0. The summed E-state index contributed by atoms with van der Waals surface area (Å²) >= 11 is 0. The third kappa shape index (κ3) is 5.23. The number of methoxy groups -OCH3 is 1. The fourth-order valence-electron chi connectivity index (χ4n) is 2.75. The molecule has 0 atom stereocenters. The highest BCUT2D eigenvalue weighted by Crippen LogP contribution is 2.22. The number of amides is 1. The van der Waals surface area contributed by atoms with Gasteiger partial charge in [-0.2, -0.15) is 0 Å². The molecule has 3 aromatic rings. The van der Waals surface area contributed by atoms with Crippen LogP contribution in [0.5, 0.6) is 11.5 Å². The number of likely N-dealkylation sites (N-methyl/N-ethyl adjacent to an activating group) is 1. The Morgan fingerprint density at radius 2 is 1.69 bits per heavy atom. The van der Waals surface area contributed by atoms with Crippen molar-refractivity contribution < 1.29 is 19.1 Å². The lowest BCUT2D eigenvalue weighted by Crippen LogP contribution is -2.27. The molecule has 0 unspecified atom stereocenters. The molecule has 5 heteroatoms. The van der Waals surface area contributed by atoms with Gasteiger partial charge in [0.15, 0.2) is 12.4 Å². The first-order chi connectivity index (χ1) is 14.0. The van der Waals surface area contributed by atoms with Crippen molar-refractivity contribution in [2.24, 2.45) is 0 Å². The molecule has 0 fully saturated rings. The Hall–Kier alpha value is -3.60. The summed E-state index contributed by atoms with van der Waals surface area (Å²) in [6, 6.07) is 18.7. The van der Waals surface area contributed by atoms with Crippen molar-refractivity contribution in [3.8, 4) is 11.5 Å². The quantitative estimate of drug-likeness (QED) is 0.449. The number of benzene rings is 3. The number of ether oxygens (including phenoxy) is 2. The number of hydrogen-bond acceptors (Lipinski definition) is 4. The van der Waals surface area contributed by atoms with E-state index in [-0.39, 0.29) is 18.3 Å². The van der Waals surface area contributed by atoms with Crippen molar-refractivity contribution in [1.82, 2.24) is 4.90 Å². The molecule has 0 saturated carbocycles. The molecular weight excluding hydrogens is 366 g/mol. The van der Waals surface area contributed by atoms with Crippen LogP contribution in [-0.4, -0.2) is 44.4 Å². The van der Waals surface area contributed by atoms with Gasteiger partial charge in [-0.3, -0.25) is 9.59 Å². The van der Waals surface area contributed by atoms with E-state index in [9.17, 15) is 9.59 Å². The fraction of sp³-hybridized carbons (Fsp3) is 0.167. The zero-order valence-electron chi connectivity index (χ0n) is 16.7. The molecule has 0 aromatic heterocycles. The first-order valence-electron chi connectivity index (χ1n) is 9.19. The van der Waals surface area contributed by atoms with Crippen LogP contribution >= 0.6 is 0 Å². The van der Waals surface area contributed by atoms with E-state index in [0.717, 1.165) is 22.1 Å². The predicted molar refractivity (Wildman–Crippen MR) is 114 cm³/mol. The number of carbonyl (C=O) groups excluding carboxylic acids is 2. The van der Waals surface area contributed by atoms with Crippen molar-refractivity contribution in [2.75, 3.05) is 27.8 Å². The van der Waals surface area contributed by atoms with Crippen molar-refractivity contribution in [3.63, 3.8) is 0 Å². The normalized spacial score (nSPS) is 10.9. The molecule has 29 heavy (non-hydrogen) atoms. The number of rotatable bonds is 7. The first-order valence-corrected chi connectivity index (χ1v) is 9.19. The lowest BCUT2D eigenvalue weighted by molar-refractivity contribution is -0.130. The largest absolute Gasteiger partial charge is 0.497 e.